The first-order valence-electron chi connectivity index (χ1n) is 7.58. The summed E-state index contributed by atoms with van der Waals surface area (Å²) < 4.78 is 5.71. The van der Waals surface area contributed by atoms with Crippen molar-refractivity contribution >= 4 is 0 Å². The lowest BCUT2D eigenvalue weighted by Gasteiger charge is -2.26. The summed E-state index contributed by atoms with van der Waals surface area (Å²) in [5.74, 6) is 1.60. The van der Waals surface area contributed by atoms with E-state index in [1.165, 1.54) is 44.5 Å². The second-order valence-corrected chi connectivity index (χ2v) is 5.65. The van der Waals surface area contributed by atoms with E-state index in [2.05, 4.69) is 28.4 Å². The fourth-order valence-electron chi connectivity index (χ4n) is 3.09. The van der Waals surface area contributed by atoms with E-state index in [1.807, 2.05) is 6.07 Å². The van der Waals surface area contributed by atoms with Crippen molar-refractivity contribution < 1.29 is 4.74 Å². The maximum absolute atomic E-state index is 5.71. The third kappa shape index (κ3) is 3.28. The number of nitrogens with one attached hydrogen (secondary N) is 1. The molecule has 0 amide bonds. The second kappa shape index (κ2) is 6.40. The van der Waals surface area contributed by atoms with Crippen LogP contribution >= 0.6 is 0 Å². The van der Waals surface area contributed by atoms with Crippen LogP contribution in [0.5, 0.6) is 5.75 Å². The molecule has 2 heterocycles. The van der Waals surface area contributed by atoms with Gasteiger partial charge in [0, 0.05) is 31.1 Å². The SMILES string of the molecule is c1ccc2c(c1)OCC2CNCCN1CCCCC1. The molecule has 1 atom stereocenters. The Hall–Kier alpha value is -1.06. The van der Waals surface area contributed by atoms with E-state index >= 15 is 0 Å². The predicted octanol–water partition coefficient (Wildman–Crippen LogP) is 2.24. The van der Waals surface area contributed by atoms with E-state index in [9.17, 15) is 0 Å². The van der Waals surface area contributed by atoms with Gasteiger partial charge in [0.05, 0.1) is 6.61 Å². The number of likely N-dealkylation sites (tertiary alicyclic amines) is 1. The Bertz CT molecular complexity index is 401. The van der Waals surface area contributed by atoms with Gasteiger partial charge in [-0.05, 0) is 32.0 Å². The van der Waals surface area contributed by atoms with Crippen LogP contribution in [-0.4, -0.2) is 44.2 Å². The molecule has 1 saturated heterocycles. The van der Waals surface area contributed by atoms with Gasteiger partial charge in [0.2, 0.25) is 0 Å². The quantitative estimate of drug-likeness (QED) is 0.822. The number of benzene rings is 1. The summed E-state index contributed by atoms with van der Waals surface area (Å²) in [5, 5.41) is 3.59. The van der Waals surface area contributed by atoms with Gasteiger partial charge in [-0.2, -0.15) is 0 Å². The smallest absolute Gasteiger partial charge is 0.122 e. The first-order valence-corrected chi connectivity index (χ1v) is 7.58. The molecule has 3 rings (SSSR count). The summed E-state index contributed by atoms with van der Waals surface area (Å²) in [6.45, 7) is 6.73. The molecule has 3 nitrogen and oxygen atoms in total. The molecule has 104 valence electrons. The van der Waals surface area contributed by atoms with E-state index in [1.54, 1.807) is 0 Å². The van der Waals surface area contributed by atoms with Crippen molar-refractivity contribution in [2.45, 2.75) is 25.2 Å². The minimum absolute atomic E-state index is 0.526. The molecule has 1 aromatic rings. The second-order valence-electron chi connectivity index (χ2n) is 5.65. The Labute approximate surface area is 115 Å². The van der Waals surface area contributed by atoms with Crippen molar-refractivity contribution in [3.63, 3.8) is 0 Å². The average Bonchev–Trinajstić information content (AvgIpc) is 2.88. The van der Waals surface area contributed by atoms with Crippen molar-refractivity contribution in [2.24, 2.45) is 0 Å². The van der Waals surface area contributed by atoms with Gasteiger partial charge < -0.3 is 15.0 Å². The Kier molecular flexibility index (Phi) is 4.36. The van der Waals surface area contributed by atoms with Gasteiger partial charge in [0.15, 0.2) is 0 Å². The molecule has 0 bridgehead atoms. The monoisotopic (exact) mass is 260 g/mol. The Balaban J connectivity index is 1.39. The van der Waals surface area contributed by atoms with Gasteiger partial charge in [-0.1, -0.05) is 24.6 Å². The Morgan fingerprint density at radius 1 is 1.16 bits per heavy atom. The zero-order valence-corrected chi connectivity index (χ0v) is 11.6. The molecular formula is C16H24N2O. The van der Waals surface area contributed by atoms with E-state index in [4.69, 9.17) is 4.74 Å². The maximum atomic E-state index is 5.71. The van der Waals surface area contributed by atoms with Crippen molar-refractivity contribution in [1.29, 1.82) is 0 Å². The van der Waals surface area contributed by atoms with Crippen LogP contribution in [0.1, 0.15) is 30.7 Å². The van der Waals surface area contributed by atoms with Crippen LogP contribution in [0, 0.1) is 0 Å². The first kappa shape index (κ1) is 12.9. The molecule has 2 aliphatic heterocycles. The summed E-state index contributed by atoms with van der Waals surface area (Å²) in [7, 11) is 0. The van der Waals surface area contributed by atoms with Crippen LogP contribution in [0.15, 0.2) is 24.3 Å². The van der Waals surface area contributed by atoms with E-state index < -0.39 is 0 Å². The van der Waals surface area contributed by atoms with Gasteiger partial charge in [-0.3, -0.25) is 0 Å². The van der Waals surface area contributed by atoms with Crippen LogP contribution in [0.25, 0.3) is 0 Å². The molecule has 1 N–H and O–H groups in total. The standard InChI is InChI=1S/C16H24N2O/c1-4-9-18(10-5-1)11-8-17-12-14-13-19-16-7-3-2-6-15(14)16/h2-3,6-7,14,17H,1,4-5,8-13H2. The van der Waals surface area contributed by atoms with Crippen molar-refractivity contribution in [2.75, 3.05) is 39.3 Å². The molecule has 2 aliphatic rings. The first-order chi connectivity index (χ1) is 9.43. The molecule has 0 spiro atoms. The number of hydrogen-bond donors (Lipinski definition) is 1. The summed E-state index contributed by atoms with van der Waals surface area (Å²) in [4.78, 5) is 2.58. The number of nitrogens with zero attached hydrogens (tertiary/aromatic N) is 1. The van der Waals surface area contributed by atoms with Gasteiger partial charge in [-0.15, -0.1) is 0 Å². The highest BCUT2D eigenvalue weighted by Gasteiger charge is 2.22. The molecule has 0 saturated carbocycles. The molecular weight excluding hydrogens is 236 g/mol. The fourth-order valence-corrected chi connectivity index (χ4v) is 3.09. The number of rotatable bonds is 5. The van der Waals surface area contributed by atoms with Crippen LogP contribution in [0.3, 0.4) is 0 Å². The van der Waals surface area contributed by atoms with E-state index in [0.717, 1.165) is 25.4 Å². The highest BCUT2D eigenvalue weighted by Crippen LogP contribution is 2.32. The van der Waals surface area contributed by atoms with E-state index in [0.29, 0.717) is 5.92 Å². The van der Waals surface area contributed by atoms with Gasteiger partial charge >= 0.3 is 0 Å². The third-order valence-corrected chi connectivity index (χ3v) is 4.24. The highest BCUT2D eigenvalue weighted by molar-refractivity contribution is 5.39. The zero-order chi connectivity index (χ0) is 12.9. The normalized spacial score (nSPS) is 23.1. The lowest BCUT2D eigenvalue weighted by atomic mass is 10.0. The molecule has 1 unspecified atom stereocenters. The van der Waals surface area contributed by atoms with Crippen molar-refractivity contribution in [3.05, 3.63) is 29.8 Å². The topological polar surface area (TPSA) is 24.5 Å². The number of para-hydroxylation sites is 1. The molecule has 0 aliphatic carbocycles. The summed E-state index contributed by atoms with van der Waals surface area (Å²) in [6.07, 6.45) is 4.17. The summed E-state index contributed by atoms with van der Waals surface area (Å²) >= 11 is 0. The molecule has 3 heteroatoms. The summed E-state index contributed by atoms with van der Waals surface area (Å²) in [6, 6.07) is 8.42. The van der Waals surface area contributed by atoms with Crippen LogP contribution < -0.4 is 10.1 Å². The van der Waals surface area contributed by atoms with Gasteiger partial charge in [0.1, 0.15) is 5.75 Å². The lowest BCUT2D eigenvalue weighted by molar-refractivity contribution is 0.228. The minimum atomic E-state index is 0.526. The molecule has 0 aromatic heterocycles. The van der Waals surface area contributed by atoms with Crippen molar-refractivity contribution in [3.8, 4) is 5.75 Å². The number of piperidine rings is 1. The molecule has 1 fully saturated rings. The van der Waals surface area contributed by atoms with Gasteiger partial charge in [-0.25, -0.2) is 0 Å². The predicted molar refractivity (Wildman–Crippen MR) is 77.8 cm³/mol. The molecule has 1 aromatic carbocycles. The average molecular weight is 260 g/mol. The van der Waals surface area contributed by atoms with Crippen LogP contribution in [0.4, 0.5) is 0 Å². The zero-order valence-electron chi connectivity index (χ0n) is 11.6. The van der Waals surface area contributed by atoms with Crippen molar-refractivity contribution in [1.82, 2.24) is 10.2 Å². The highest BCUT2D eigenvalue weighted by atomic mass is 16.5. The minimum Gasteiger partial charge on any atom is -0.493 e. The van der Waals surface area contributed by atoms with Crippen LogP contribution in [0.2, 0.25) is 0 Å². The van der Waals surface area contributed by atoms with Crippen LogP contribution in [-0.2, 0) is 0 Å². The lowest BCUT2D eigenvalue weighted by Crippen LogP contribution is -2.37. The molecule has 0 radical (unpaired) electrons. The number of ether oxygens (including phenoxy) is 1. The number of fused-ring (bicyclic) bond motifs is 1. The maximum Gasteiger partial charge on any atom is 0.122 e. The van der Waals surface area contributed by atoms with Gasteiger partial charge in [0.25, 0.3) is 0 Å². The fraction of sp³-hybridized carbons (Fsp3) is 0.625. The summed E-state index contributed by atoms with van der Waals surface area (Å²) in [5.41, 5.74) is 1.37. The van der Waals surface area contributed by atoms with E-state index in [-0.39, 0.29) is 0 Å². The Morgan fingerprint density at radius 2 is 2.00 bits per heavy atom. The number of hydrogen-bond acceptors (Lipinski definition) is 3. The largest absolute Gasteiger partial charge is 0.493 e. The Morgan fingerprint density at radius 3 is 2.89 bits per heavy atom. The third-order valence-electron chi connectivity index (χ3n) is 4.24. The molecule has 19 heavy (non-hydrogen) atoms.